The van der Waals surface area contributed by atoms with E-state index in [1.165, 1.54) is 49.4 Å². The van der Waals surface area contributed by atoms with Gasteiger partial charge in [-0.25, -0.2) is 0 Å². The van der Waals surface area contributed by atoms with E-state index in [0.29, 0.717) is 5.39 Å². The highest BCUT2D eigenvalue weighted by Crippen LogP contribution is 2.43. The van der Waals surface area contributed by atoms with Gasteiger partial charge < -0.3 is 4.40 Å². The van der Waals surface area contributed by atoms with Crippen molar-refractivity contribution >= 4 is 49.0 Å². The molecule has 0 unspecified atom stereocenters. The highest BCUT2D eigenvalue weighted by atomic mass is 19.1. The van der Waals surface area contributed by atoms with Gasteiger partial charge in [0.15, 0.2) is 5.82 Å². The van der Waals surface area contributed by atoms with Crippen molar-refractivity contribution in [1.82, 2.24) is 4.40 Å². The molecule has 0 radical (unpaired) electrons. The third-order valence-electron chi connectivity index (χ3n) is 7.11. The number of benzene rings is 3. The van der Waals surface area contributed by atoms with Gasteiger partial charge in [0.25, 0.3) is 0 Å². The van der Waals surface area contributed by atoms with E-state index in [4.69, 9.17) is 0 Å². The number of para-hydroxylation sites is 1. The van der Waals surface area contributed by atoms with E-state index in [2.05, 4.69) is 62.4 Å². The van der Waals surface area contributed by atoms with Crippen LogP contribution in [0.25, 0.3) is 49.0 Å². The molecule has 0 aliphatic rings. The fourth-order valence-electron chi connectivity index (χ4n) is 5.37. The fraction of sp³-hybridized carbons (Fsp3) is 0.192. The molecule has 0 aliphatic carbocycles. The molecule has 0 bridgehead atoms. The standard InChI is InChI=1S/C26H22FN2/c1-13-14(2)16(4)24-22(15(13)3)26-23-19(20(27)12-28(26)5)11-10-18-17-8-6-7-9-21(17)29(24)25(18)23/h6-12H,1-5H3/q+1. The van der Waals surface area contributed by atoms with Gasteiger partial charge in [-0.15, -0.1) is 0 Å². The van der Waals surface area contributed by atoms with E-state index in [-0.39, 0.29) is 5.82 Å². The van der Waals surface area contributed by atoms with Crippen molar-refractivity contribution in [3.63, 3.8) is 0 Å². The van der Waals surface area contributed by atoms with Gasteiger partial charge in [0.05, 0.1) is 27.3 Å². The first-order valence-electron chi connectivity index (χ1n) is 10.1. The molecule has 0 fully saturated rings. The average Bonchev–Trinajstić information content (AvgIpc) is 3.05. The third kappa shape index (κ3) is 1.79. The molecule has 3 aromatic carbocycles. The topological polar surface area (TPSA) is 8.29 Å². The number of hydrogen-bond acceptors (Lipinski definition) is 0. The summed E-state index contributed by atoms with van der Waals surface area (Å²) in [6.07, 6.45) is 1.62. The molecule has 0 atom stereocenters. The quantitative estimate of drug-likeness (QED) is 0.168. The summed E-state index contributed by atoms with van der Waals surface area (Å²) in [5.41, 5.74) is 9.84. The van der Waals surface area contributed by atoms with E-state index in [9.17, 15) is 0 Å². The second-order valence-electron chi connectivity index (χ2n) is 8.40. The fourth-order valence-corrected chi connectivity index (χ4v) is 5.37. The second kappa shape index (κ2) is 5.24. The Hall–Kier alpha value is -3.20. The van der Waals surface area contributed by atoms with Crippen molar-refractivity contribution in [2.24, 2.45) is 7.05 Å². The SMILES string of the molecule is Cc1c(C)c(C)c2c(c1C)c1c3c(ccc4c5ccccc5n2c43)c(F)c[n+]1C. The highest BCUT2D eigenvalue weighted by molar-refractivity contribution is 6.27. The predicted molar refractivity (Wildman–Crippen MR) is 119 cm³/mol. The van der Waals surface area contributed by atoms with Gasteiger partial charge in [0.1, 0.15) is 7.05 Å². The van der Waals surface area contributed by atoms with Crippen molar-refractivity contribution in [3.05, 3.63) is 70.7 Å². The van der Waals surface area contributed by atoms with Crippen LogP contribution in [0, 0.1) is 33.5 Å². The van der Waals surface area contributed by atoms with Crippen molar-refractivity contribution in [2.45, 2.75) is 27.7 Å². The lowest BCUT2D eigenvalue weighted by Crippen LogP contribution is -2.30. The van der Waals surface area contributed by atoms with Crippen LogP contribution in [0.15, 0.2) is 42.6 Å². The Bertz CT molecular complexity index is 1650. The van der Waals surface area contributed by atoms with Gasteiger partial charge in [0, 0.05) is 16.2 Å². The monoisotopic (exact) mass is 381 g/mol. The summed E-state index contributed by atoms with van der Waals surface area (Å²) in [6, 6.07) is 12.6. The molecular formula is C26H22FN2+. The molecule has 0 saturated heterocycles. The summed E-state index contributed by atoms with van der Waals surface area (Å²) in [6.45, 7) is 8.83. The van der Waals surface area contributed by atoms with Gasteiger partial charge in [-0.3, -0.25) is 0 Å². The number of halogens is 1. The van der Waals surface area contributed by atoms with Gasteiger partial charge in [-0.2, -0.15) is 8.96 Å². The number of fused-ring (bicyclic) bond motifs is 6. The number of aromatic nitrogens is 2. The Morgan fingerprint density at radius 3 is 2.21 bits per heavy atom. The Morgan fingerprint density at radius 1 is 0.724 bits per heavy atom. The summed E-state index contributed by atoms with van der Waals surface area (Å²) in [5, 5.41) is 5.32. The van der Waals surface area contributed by atoms with Crippen molar-refractivity contribution in [3.8, 4) is 0 Å². The summed E-state index contributed by atoms with van der Waals surface area (Å²) in [4.78, 5) is 0. The van der Waals surface area contributed by atoms with Gasteiger partial charge in [0.2, 0.25) is 11.7 Å². The van der Waals surface area contributed by atoms with Crippen LogP contribution in [-0.4, -0.2) is 4.40 Å². The number of nitrogens with zero attached hydrogens (tertiary/aromatic N) is 2. The van der Waals surface area contributed by atoms with Crippen LogP contribution in [0.2, 0.25) is 0 Å². The third-order valence-corrected chi connectivity index (χ3v) is 7.11. The Balaban J connectivity index is 2.19. The average molecular weight is 381 g/mol. The molecule has 0 N–H and O–H groups in total. The van der Waals surface area contributed by atoms with Gasteiger partial charge in [-0.1, -0.05) is 30.3 Å². The lowest BCUT2D eigenvalue weighted by molar-refractivity contribution is -0.645. The molecule has 3 aromatic heterocycles. The Morgan fingerprint density at radius 2 is 1.41 bits per heavy atom. The van der Waals surface area contributed by atoms with E-state index in [0.717, 1.165) is 16.4 Å². The summed E-state index contributed by atoms with van der Waals surface area (Å²) >= 11 is 0. The summed E-state index contributed by atoms with van der Waals surface area (Å²) < 4.78 is 19.4. The normalized spacial score (nSPS) is 12.5. The lowest BCUT2D eigenvalue weighted by Gasteiger charge is -2.18. The number of rotatable bonds is 0. The molecule has 2 nitrogen and oxygen atoms in total. The van der Waals surface area contributed by atoms with E-state index in [1.807, 2.05) is 17.7 Å². The van der Waals surface area contributed by atoms with Crippen molar-refractivity contribution < 1.29 is 8.96 Å². The first-order chi connectivity index (χ1) is 13.9. The molecule has 3 heterocycles. The van der Waals surface area contributed by atoms with Crippen LogP contribution in [-0.2, 0) is 7.05 Å². The van der Waals surface area contributed by atoms with Gasteiger partial charge >= 0.3 is 0 Å². The smallest absolute Gasteiger partial charge is 0.224 e. The molecular weight excluding hydrogens is 359 g/mol. The molecule has 0 spiro atoms. The molecule has 3 heteroatoms. The molecule has 6 aromatic rings. The predicted octanol–water partition coefficient (Wildman–Crippen LogP) is 6.19. The zero-order chi connectivity index (χ0) is 20.2. The maximum atomic E-state index is 15.0. The Kier molecular flexibility index (Phi) is 3.02. The Labute approximate surface area is 168 Å². The van der Waals surface area contributed by atoms with Crippen molar-refractivity contribution in [1.29, 1.82) is 0 Å². The number of aryl methyl sites for hydroxylation is 3. The molecule has 0 amide bonds. The van der Waals surface area contributed by atoms with E-state index < -0.39 is 0 Å². The zero-order valence-electron chi connectivity index (χ0n) is 17.3. The van der Waals surface area contributed by atoms with Gasteiger partial charge in [-0.05, 0) is 56.0 Å². The molecule has 6 rings (SSSR count). The minimum Gasteiger partial charge on any atom is -0.307 e. The second-order valence-corrected chi connectivity index (χ2v) is 8.40. The van der Waals surface area contributed by atoms with E-state index >= 15 is 4.39 Å². The van der Waals surface area contributed by atoms with Crippen LogP contribution >= 0.6 is 0 Å². The first-order valence-corrected chi connectivity index (χ1v) is 10.1. The molecule has 142 valence electrons. The van der Waals surface area contributed by atoms with Crippen LogP contribution in [0.5, 0.6) is 0 Å². The van der Waals surface area contributed by atoms with Crippen LogP contribution in [0.1, 0.15) is 22.3 Å². The molecule has 0 saturated carbocycles. The number of pyridine rings is 2. The van der Waals surface area contributed by atoms with Crippen LogP contribution < -0.4 is 4.57 Å². The highest BCUT2D eigenvalue weighted by Gasteiger charge is 2.27. The maximum Gasteiger partial charge on any atom is 0.224 e. The summed E-state index contributed by atoms with van der Waals surface area (Å²) in [7, 11) is 1.96. The van der Waals surface area contributed by atoms with Crippen LogP contribution in [0.3, 0.4) is 0 Å². The minimum atomic E-state index is -0.174. The largest absolute Gasteiger partial charge is 0.307 e. The first kappa shape index (κ1) is 16.7. The minimum absolute atomic E-state index is 0.174. The van der Waals surface area contributed by atoms with Crippen LogP contribution in [0.4, 0.5) is 4.39 Å². The number of hydrogen-bond donors (Lipinski definition) is 0. The molecule has 29 heavy (non-hydrogen) atoms. The zero-order valence-corrected chi connectivity index (χ0v) is 17.3. The summed E-state index contributed by atoms with van der Waals surface area (Å²) in [5.74, 6) is -0.174. The van der Waals surface area contributed by atoms with Crippen molar-refractivity contribution in [2.75, 3.05) is 0 Å². The van der Waals surface area contributed by atoms with E-state index in [1.54, 1.807) is 6.20 Å². The lowest BCUT2D eigenvalue weighted by atomic mass is 9.91. The molecule has 0 aliphatic heterocycles. The maximum absolute atomic E-state index is 15.0.